The van der Waals surface area contributed by atoms with Gasteiger partial charge in [-0.1, -0.05) is 176 Å². The fraction of sp³-hybridized carbons (Fsp3) is 0. The van der Waals surface area contributed by atoms with Crippen LogP contribution < -0.4 is 0 Å². The summed E-state index contributed by atoms with van der Waals surface area (Å²) in [6.07, 6.45) is 0. The molecule has 270 valence electrons. The largest absolute Gasteiger partial charge is 0.208 e. The molecule has 0 saturated heterocycles. The van der Waals surface area contributed by atoms with Crippen LogP contribution in [-0.4, -0.2) is 15.0 Å². The fourth-order valence-electron chi connectivity index (χ4n) is 7.76. The predicted octanol–water partition coefficient (Wildman–Crippen LogP) is 13.7. The number of hydrogen-bond acceptors (Lipinski definition) is 4. The van der Waals surface area contributed by atoms with Gasteiger partial charge in [0.1, 0.15) is 0 Å². The smallest absolute Gasteiger partial charge is 0.164 e. The van der Waals surface area contributed by atoms with E-state index in [1.165, 1.54) is 5.39 Å². The van der Waals surface area contributed by atoms with E-state index in [1.807, 2.05) is 36.4 Å². The Morgan fingerprint density at radius 1 is 0.293 bits per heavy atom. The Morgan fingerprint density at radius 3 is 1.55 bits per heavy atom. The van der Waals surface area contributed by atoms with Crippen molar-refractivity contribution < 1.29 is 0 Å². The number of aromatic nitrogens is 3. The van der Waals surface area contributed by atoms with Crippen LogP contribution in [0.25, 0.3) is 100 Å². The molecular formula is C54H34N4. The Bertz CT molecular complexity index is 3160. The Labute approximate surface area is 337 Å². The summed E-state index contributed by atoms with van der Waals surface area (Å²) in [5, 5.41) is 14.0. The van der Waals surface area contributed by atoms with Crippen molar-refractivity contribution in [2.45, 2.75) is 0 Å². The van der Waals surface area contributed by atoms with Crippen molar-refractivity contribution in [3.8, 4) is 84.7 Å². The molecule has 0 unspecified atom stereocenters. The first-order valence-electron chi connectivity index (χ1n) is 19.3. The summed E-state index contributed by atoms with van der Waals surface area (Å²) in [6.45, 7) is 0. The summed E-state index contributed by atoms with van der Waals surface area (Å²) in [4.78, 5) is 15.8. The van der Waals surface area contributed by atoms with E-state index in [0.717, 1.165) is 77.4 Å². The molecule has 0 aliphatic carbocycles. The number of nitriles is 1. The zero-order valence-corrected chi connectivity index (χ0v) is 31.4. The van der Waals surface area contributed by atoms with E-state index in [9.17, 15) is 5.26 Å². The third-order valence-electron chi connectivity index (χ3n) is 10.8. The van der Waals surface area contributed by atoms with Crippen LogP contribution in [0.15, 0.2) is 206 Å². The van der Waals surface area contributed by atoms with Crippen LogP contribution in [-0.2, 0) is 0 Å². The first kappa shape index (κ1) is 34.5. The molecule has 9 aromatic carbocycles. The minimum atomic E-state index is 0.591. The lowest BCUT2D eigenvalue weighted by Gasteiger charge is -2.16. The second kappa shape index (κ2) is 14.9. The van der Waals surface area contributed by atoms with E-state index < -0.39 is 0 Å². The summed E-state index contributed by atoms with van der Waals surface area (Å²) in [5.74, 6) is 1.79. The van der Waals surface area contributed by atoms with Gasteiger partial charge in [-0.05, 0) is 96.4 Å². The molecule has 4 heteroatoms. The number of hydrogen-bond donors (Lipinski definition) is 0. The molecule has 0 N–H and O–H groups in total. The molecule has 0 aliphatic rings. The van der Waals surface area contributed by atoms with Gasteiger partial charge in [-0.2, -0.15) is 5.26 Å². The Hall–Kier alpha value is -8.00. The Morgan fingerprint density at radius 2 is 0.793 bits per heavy atom. The van der Waals surface area contributed by atoms with Crippen molar-refractivity contribution in [2.75, 3.05) is 0 Å². The van der Waals surface area contributed by atoms with Crippen LogP contribution in [0.3, 0.4) is 0 Å². The van der Waals surface area contributed by atoms with Crippen LogP contribution in [0.4, 0.5) is 0 Å². The van der Waals surface area contributed by atoms with Gasteiger partial charge in [-0.15, -0.1) is 0 Å². The molecule has 0 fully saturated rings. The van der Waals surface area contributed by atoms with E-state index >= 15 is 0 Å². The second-order valence-corrected chi connectivity index (χ2v) is 14.4. The highest BCUT2D eigenvalue weighted by Gasteiger charge is 2.19. The lowest BCUT2D eigenvalue weighted by atomic mass is 9.91. The predicted molar refractivity (Wildman–Crippen MR) is 238 cm³/mol. The number of fused-ring (bicyclic) bond motifs is 2. The minimum absolute atomic E-state index is 0.591. The molecule has 4 nitrogen and oxygen atoms in total. The van der Waals surface area contributed by atoms with Gasteiger partial charge in [0.05, 0.1) is 11.6 Å². The molecule has 0 amide bonds. The van der Waals surface area contributed by atoms with Crippen LogP contribution in [0, 0.1) is 11.3 Å². The van der Waals surface area contributed by atoms with Crippen LogP contribution in [0.1, 0.15) is 5.56 Å². The molecule has 0 atom stereocenters. The first-order chi connectivity index (χ1) is 28.7. The van der Waals surface area contributed by atoms with E-state index in [0.29, 0.717) is 23.0 Å². The maximum absolute atomic E-state index is 9.48. The second-order valence-electron chi connectivity index (χ2n) is 14.4. The zero-order valence-electron chi connectivity index (χ0n) is 31.4. The average molecular weight is 739 g/mol. The quantitative estimate of drug-likeness (QED) is 0.163. The molecular weight excluding hydrogens is 705 g/mol. The summed E-state index contributed by atoms with van der Waals surface area (Å²) < 4.78 is 0. The SMILES string of the molecule is N#Cc1cccc(-c2ccc3cc(-c4nc(-c5ccc(-c6ccccc6)cc5)nc(-c5cc(-c6ccccc6)ccc5-c5cccc6ccccc56)n4)ccc3c2)c1. The van der Waals surface area contributed by atoms with Crippen LogP contribution >= 0.6 is 0 Å². The molecule has 58 heavy (non-hydrogen) atoms. The molecule has 0 aliphatic heterocycles. The third kappa shape index (κ3) is 6.68. The standard InChI is InChI=1S/C54H34N4/c55-35-36-11-9-18-42(31-36)43-25-26-45-33-47(28-27-44(45)32-43)53-56-52(41-23-21-39(22-24-41)37-12-3-1-4-13-37)57-54(58-53)51-34-46(38-14-5-2-6-15-38)29-30-50(51)49-20-10-17-40-16-7-8-19-48(40)49/h1-34H. The third-order valence-corrected chi connectivity index (χ3v) is 10.8. The number of rotatable bonds is 7. The molecule has 0 spiro atoms. The molecule has 1 heterocycles. The first-order valence-corrected chi connectivity index (χ1v) is 19.3. The molecule has 1 aromatic heterocycles. The van der Waals surface area contributed by atoms with Crippen molar-refractivity contribution in [3.05, 3.63) is 212 Å². The normalized spacial score (nSPS) is 11.1. The number of nitrogens with zero attached hydrogens (tertiary/aromatic N) is 4. The highest BCUT2D eigenvalue weighted by atomic mass is 15.0. The van der Waals surface area contributed by atoms with Crippen molar-refractivity contribution in [1.82, 2.24) is 15.0 Å². The van der Waals surface area contributed by atoms with Gasteiger partial charge in [0.2, 0.25) is 0 Å². The topological polar surface area (TPSA) is 62.5 Å². The van der Waals surface area contributed by atoms with Gasteiger partial charge >= 0.3 is 0 Å². The van der Waals surface area contributed by atoms with E-state index in [2.05, 4.69) is 176 Å². The summed E-state index contributed by atoms with van der Waals surface area (Å²) in [6, 6.07) is 73.6. The van der Waals surface area contributed by atoms with Gasteiger partial charge in [-0.3, -0.25) is 0 Å². The average Bonchev–Trinajstić information content (AvgIpc) is 3.31. The molecule has 10 rings (SSSR count). The monoisotopic (exact) mass is 738 g/mol. The van der Waals surface area contributed by atoms with Crippen LogP contribution in [0.5, 0.6) is 0 Å². The molecule has 0 bridgehead atoms. The maximum Gasteiger partial charge on any atom is 0.164 e. The highest BCUT2D eigenvalue weighted by Crippen LogP contribution is 2.39. The number of benzene rings is 9. The van der Waals surface area contributed by atoms with Gasteiger partial charge in [0, 0.05) is 16.7 Å². The highest BCUT2D eigenvalue weighted by molar-refractivity contribution is 6.01. The van der Waals surface area contributed by atoms with Crippen molar-refractivity contribution in [3.63, 3.8) is 0 Å². The van der Waals surface area contributed by atoms with E-state index in [1.54, 1.807) is 0 Å². The molecule has 0 radical (unpaired) electrons. The lowest BCUT2D eigenvalue weighted by Crippen LogP contribution is -2.01. The van der Waals surface area contributed by atoms with E-state index in [4.69, 9.17) is 15.0 Å². The van der Waals surface area contributed by atoms with Gasteiger partial charge in [0.15, 0.2) is 17.5 Å². The van der Waals surface area contributed by atoms with Crippen molar-refractivity contribution in [2.24, 2.45) is 0 Å². The minimum Gasteiger partial charge on any atom is -0.208 e. The summed E-state index contributed by atoms with van der Waals surface area (Å²) in [7, 11) is 0. The maximum atomic E-state index is 9.48. The molecule has 10 aromatic rings. The Kier molecular flexibility index (Phi) is 8.87. The van der Waals surface area contributed by atoms with Gasteiger partial charge in [0.25, 0.3) is 0 Å². The molecule has 0 saturated carbocycles. The Balaban J connectivity index is 1.16. The van der Waals surface area contributed by atoms with Gasteiger partial charge < -0.3 is 0 Å². The van der Waals surface area contributed by atoms with Crippen molar-refractivity contribution in [1.29, 1.82) is 5.26 Å². The van der Waals surface area contributed by atoms with E-state index in [-0.39, 0.29) is 0 Å². The van der Waals surface area contributed by atoms with Crippen LogP contribution in [0.2, 0.25) is 0 Å². The summed E-state index contributed by atoms with van der Waals surface area (Å²) in [5.41, 5.74) is 12.1. The lowest BCUT2D eigenvalue weighted by molar-refractivity contribution is 1.07. The van der Waals surface area contributed by atoms with Crippen molar-refractivity contribution >= 4 is 21.5 Å². The zero-order chi connectivity index (χ0) is 38.8. The fourth-order valence-corrected chi connectivity index (χ4v) is 7.76. The summed E-state index contributed by atoms with van der Waals surface area (Å²) >= 11 is 0. The van der Waals surface area contributed by atoms with Gasteiger partial charge in [-0.25, -0.2) is 15.0 Å².